The Morgan fingerprint density at radius 3 is 2.70 bits per heavy atom. The number of hydrogen-bond acceptors (Lipinski definition) is 8. The summed E-state index contributed by atoms with van der Waals surface area (Å²) in [6.07, 6.45) is 0. The summed E-state index contributed by atoms with van der Waals surface area (Å²) in [6, 6.07) is 0.211. The first-order valence-corrected chi connectivity index (χ1v) is 7.72. The Morgan fingerprint density at radius 1 is 1.30 bits per heavy atom. The van der Waals surface area contributed by atoms with Gasteiger partial charge in [0.05, 0.1) is 18.9 Å². The topological polar surface area (TPSA) is 110 Å². The number of sulfonamides is 1. The molecule has 1 heterocycles. The Bertz CT molecular complexity index is 488. The number of methoxy groups -OCH3 is 1. The summed E-state index contributed by atoms with van der Waals surface area (Å²) in [4.78, 5) is 0. The van der Waals surface area contributed by atoms with Crippen molar-refractivity contribution in [2.24, 2.45) is 0 Å². The number of ether oxygens (including phenoxy) is 1. The van der Waals surface area contributed by atoms with Gasteiger partial charge in [0.1, 0.15) is 0 Å². The summed E-state index contributed by atoms with van der Waals surface area (Å²) in [5, 5.41) is 13.4. The molecule has 0 aromatic carbocycles. The number of rotatable bonds is 10. The monoisotopic (exact) mass is 307 g/mol. The number of nitrogens with zero attached hydrogens (tertiary/aromatic N) is 3. The molecule has 0 radical (unpaired) electrons. The number of hydrogen-bond donors (Lipinski definition) is 2. The van der Waals surface area contributed by atoms with Gasteiger partial charge in [-0.05, 0) is 0 Å². The fourth-order valence-corrected chi connectivity index (χ4v) is 1.96. The van der Waals surface area contributed by atoms with Gasteiger partial charge in [-0.1, -0.05) is 5.10 Å². The summed E-state index contributed by atoms with van der Waals surface area (Å²) < 4.78 is 34.4. The van der Waals surface area contributed by atoms with Crippen LogP contribution in [-0.4, -0.2) is 69.6 Å². The molecule has 0 aliphatic heterocycles. The highest BCUT2D eigenvalue weighted by molar-refractivity contribution is 7.89. The van der Waals surface area contributed by atoms with Gasteiger partial charge >= 0.3 is 6.01 Å². The molecule has 1 aromatic heterocycles. The molecule has 0 spiro atoms. The molecular formula is C10H21N5O4S. The highest BCUT2D eigenvalue weighted by Crippen LogP contribution is 2.05. The van der Waals surface area contributed by atoms with Crippen LogP contribution in [-0.2, 0) is 21.3 Å². The minimum atomic E-state index is -3.23. The van der Waals surface area contributed by atoms with Gasteiger partial charge in [-0.15, -0.1) is 5.10 Å². The van der Waals surface area contributed by atoms with E-state index < -0.39 is 10.0 Å². The smallest absolute Gasteiger partial charge is 0.315 e. The molecule has 0 saturated carbocycles. The average molecular weight is 307 g/mol. The van der Waals surface area contributed by atoms with Crippen LogP contribution in [0.3, 0.4) is 0 Å². The van der Waals surface area contributed by atoms with E-state index in [1.54, 1.807) is 7.11 Å². The van der Waals surface area contributed by atoms with Crippen LogP contribution in [0.15, 0.2) is 4.42 Å². The third-order valence-corrected chi connectivity index (χ3v) is 4.25. The van der Waals surface area contributed by atoms with E-state index in [4.69, 9.17) is 9.15 Å². The molecular weight excluding hydrogens is 286 g/mol. The van der Waals surface area contributed by atoms with Gasteiger partial charge < -0.3 is 19.8 Å². The van der Waals surface area contributed by atoms with E-state index in [0.717, 1.165) is 0 Å². The number of nitrogens with one attached hydrogen (secondary N) is 2. The average Bonchev–Trinajstić information content (AvgIpc) is 2.82. The van der Waals surface area contributed by atoms with Crippen LogP contribution in [0.5, 0.6) is 0 Å². The highest BCUT2D eigenvalue weighted by Gasteiger charge is 2.13. The van der Waals surface area contributed by atoms with E-state index in [0.29, 0.717) is 25.6 Å². The van der Waals surface area contributed by atoms with Crippen LogP contribution in [0, 0.1) is 0 Å². The molecule has 0 bridgehead atoms. The molecule has 9 nitrogen and oxygen atoms in total. The van der Waals surface area contributed by atoms with Crippen molar-refractivity contribution in [3.8, 4) is 0 Å². The molecule has 0 unspecified atom stereocenters. The van der Waals surface area contributed by atoms with Gasteiger partial charge in [0, 0.05) is 34.3 Å². The van der Waals surface area contributed by atoms with Crippen molar-refractivity contribution in [1.29, 1.82) is 0 Å². The predicted molar refractivity (Wildman–Crippen MR) is 73.8 cm³/mol. The standard InChI is InChI=1S/C10H21N5O4S/c1-15(2)20(16,17)7-5-12-10-14-13-9(19-10)8-11-4-6-18-3/h11H,4-8H2,1-3H3,(H,12,14). The Morgan fingerprint density at radius 2 is 2.05 bits per heavy atom. The van der Waals surface area contributed by atoms with Gasteiger partial charge in [-0.2, -0.15) is 0 Å². The van der Waals surface area contributed by atoms with E-state index in [1.165, 1.54) is 18.4 Å². The molecule has 0 amide bonds. The lowest BCUT2D eigenvalue weighted by Crippen LogP contribution is -2.28. The third kappa shape index (κ3) is 5.82. The van der Waals surface area contributed by atoms with E-state index in [9.17, 15) is 8.42 Å². The molecule has 1 rings (SSSR count). The fourth-order valence-electron chi connectivity index (χ4n) is 1.24. The van der Waals surface area contributed by atoms with Crippen molar-refractivity contribution in [3.05, 3.63) is 5.89 Å². The Hall–Kier alpha value is -1.23. The molecule has 0 fully saturated rings. The van der Waals surface area contributed by atoms with Crippen LogP contribution >= 0.6 is 0 Å². The van der Waals surface area contributed by atoms with Gasteiger partial charge in [0.15, 0.2) is 0 Å². The second-order valence-electron chi connectivity index (χ2n) is 4.20. The molecule has 0 aliphatic rings. The maximum absolute atomic E-state index is 11.5. The summed E-state index contributed by atoms with van der Waals surface area (Å²) in [7, 11) is 1.38. The molecule has 116 valence electrons. The van der Waals surface area contributed by atoms with Crippen molar-refractivity contribution in [3.63, 3.8) is 0 Å². The summed E-state index contributed by atoms with van der Waals surface area (Å²) in [5.41, 5.74) is 0. The van der Waals surface area contributed by atoms with Crippen molar-refractivity contribution in [1.82, 2.24) is 19.8 Å². The second-order valence-corrected chi connectivity index (χ2v) is 6.50. The summed E-state index contributed by atoms with van der Waals surface area (Å²) in [6.45, 7) is 1.93. The molecule has 0 saturated heterocycles. The van der Waals surface area contributed by atoms with Crippen LogP contribution in [0.1, 0.15) is 5.89 Å². The normalized spacial score (nSPS) is 12.0. The Kier molecular flexibility index (Phi) is 6.85. The van der Waals surface area contributed by atoms with Crippen LogP contribution < -0.4 is 10.6 Å². The van der Waals surface area contributed by atoms with Crippen molar-refractivity contribution >= 4 is 16.0 Å². The van der Waals surface area contributed by atoms with E-state index in [2.05, 4.69) is 20.8 Å². The zero-order valence-electron chi connectivity index (χ0n) is 11.9. The molecule has 10 heteroatoms. The summed E-state index contributed by atoms with van der Waals surface area (Å²) in [5.74, 6) is 0.392. The Balaban J connectivity index is 2.30. The lowest BCUT2D eigenvalue weighted by molar-refractivity contribution is 0.198. The zero-order valence-corrected chi connectivity index (χ0v) is 12.7. The second kappa shape index (κ2) is 8.15. The lowest BCUT2D eigenvalue weighted by Gasteiger charge is -2.10. The van der Waals surface area contributed by atoms with Gasteiger partial charge in [0.25, 0.3) is 0 Å². The van der Waals surface area contributed by atoms with Crippen LogP contribution in [0.25, 0.3) is 0 Å². The first-order valence-electron chi connectivity index (χ1n) is 6.12. The van der Waals surface area contributed by atoms with E-state index in [1.807, 2.05) is 0 Å². The first kappa shape index (κ1) is 16.8. The van der Waals surface area contributed by atoms with Crippen LogP contribution in [0.4, 0.5) is 6.01 Å². The van der Waals surface area contributed by atoms with Gasteiger partial charge in [-0.25, -0.2) is 12.7 Å². The van der Waals surface area contributed by atoms with Crippen LogP contribution in [0.2, 0.25) is 0 Å². The highest BCUT2D eigenvalue weighted by atomic mass is 32.2. The molecule has 0 atom stereocenters. The predicted octanol–water partition coefficient (Wildman–Crippen LogP) is -0.891. The first-order chi connectivity index (χ1) is 9.45. The maximum Gasteiger partial charge on any atom is 0.315 e. The molecule has 20 heavy (non-hydrogen) atoms. The lowest BCUT2D eigenvalue weighted by atomic mass is 10.6. The number of aromatic nitrogens is 2. The van der Waals surface area contributed by atoms with E-state index in [-0.39, 0.29) is 18.3 Å². The minimum absolute atomic E-state index is 0.0379. The van der Waals surface area contributed by atoms with Crippen molar-refractivity contribution in [2.75, 3.05) is 52.0 Å². The maximum atomic E-state index is 11.5. The Labute approximate surface area is 118 Å². The molecule has 1 aromatic rings. The largest absolute Gasteiger partial charge is 0.407 e. The van der Waals surface area contributed by atoms with Crippen molar-refractivity contribution in [2.45, 2.75) is 6.54 Å². The SMILES string of the molecule is COCCNCc1nnc(NCCS(=O)(=O)N(C)C)o1. The van der Waals surface area contributed by atoms with Gasteiger partial charge in [0.2, 0.25) is 15.9 Å². The molecule has 2 N–H and O–H groups in total. The van der Waals surface area contributed by atoms with Crippen molar-refractivity contribution < 1.29 is 17.6 Å². The third-order valence-electron chi connectivity index (χ3n) is 2.42. The van der Waals surface area contributed by atoms with E-state index >= 15 is 0 Å². The molecule has 0 aliphatic carbocycles. The number of anilines is 1. The summed E-state index contributed by atoms with van der Waals surface area (Å²) >= 11 is 0. The quantitative estimate of drug-likeness (QED) is 0.536. The fraction of sp³-hybridized carbons (Fsp3) is 0.800. The minimum Gasteiger partial charge on any atom is -0.407 e. The van der Waals surface area contributed by atoms with Gasteiger partial charge in [-0.3, -0.25) is 0 Å². The zero-order chi connectivity index (χ0) is 15.0.